The van der Waals surface area contributed by atoms with Crippen LogP contribution in [-0.4, -0.2) is 10.3 Å². The third kappa shape index (κ3) is 1.76. The van der Waals surface area contributed by atoms with E-state index < -0.39 is 6.10 Å². The van der Waals surface area contributed by atoms with Gasteiger partial charge in [-0.3, -0.25) is 5.21 Å². The number of aliphatic hydroxyl groups excluding tert-OH is 1. The SMILES string of the molecule is OC1c2ccc(Cl)cc2CCc2ccc[n+](O)c21. The van der Waals surface area contributed by atoms with Crippen molar-refractivity contribution >= 4 is 11.6 Å². The molecule has 3 rings (SSSR count). The summed E-state index contributed by atoms with van der Waals surface area (Å²) >= 11 is 5.98. The van der Waals surface area contributed by atoms with Crippen LogP contribution in [0.1, 0.15) is 28.5 Å². The molecule has 1 aliphatic rings. The van der Waals surface area contributed by atoms with E-state index in [0.29, 0.717) is 10.7 Å². The maximum Gasteiger partial charge on any atom is 0.270 e. The second kappa shape index (κ2) is 4.26. The van der Waals surface area contributed by atoms with Crippen LogP contribution in [0.4, 0.5) is 0 Å². The van der Waals surface area contributed by atoms with E-state index in [0.717, 1.165) is 34.3 Å². The molecule has 0 aliphatic heterocycles. The minimum atomic E-state index is -0.819. The highest BCUT2D eigenvalue weighted by Gasteiger charge is 2.30. The number of hydrogen-bond acceptors (Lipinski definition) is 2. The fraction of sp³-hybridized carbons (Fsp3) is 0.214. The summed E-state index contributed by atoms with van der Waals surface area (Å²) in [4.78, 5) is 0. The molecule has 1 atom stereocenters. The van der Waals surface area contributed by atoms with E-state index >= 15 is 0 Å². The van der Waals surface area contributed by atoms with Gasteiger partial charge in [-0.2, -0.15) is 0 Å². The summed E-state index contributed by atoms with van der Waals surface area (Å²) in [5.41, 5.74) is 3.34. The number of fused-ring (bicyclic) bond motifs is 2. The predicted octanol–water partition coefficient (Wildman–Crippen LogP) is 2.05. The predicted molar refractivity (Wildman–Crippen MR) is 66.7 cm³/mol. The molecule has 4 heteroatoms. The van der Waals surface area contributed by atoms with Crippen molar-refractivity contribution in [3.05, 3.63) is 63.9 Å². The van der Waals surface area contributed by atoms with Crippen LogP contribution < -0.4 is 4.73 Å². The fourth-order valence-corrected chi connectivity index (χ4v) is 2.73. The van der Waals surface area contributed by atoms with Crippen LogP contribution in [0, 0.1) is 0 Å². The standard InChI is InChI=1S/C14H13ClNO2/c15-11-5-6-12-10(8-11)4-3-9-2-1-7-16(18)13(9)14(12)17/h1-2,5-8,14,17-18H,3-4H2/q+1. The molecule has 0 bridgehead atoms. The van der Waals surface area contributed by atoms with Crippen molar-refractivity contribution in [3.63, 3.8) is 0 Å². The number of nitrogens with zero attached hydrogens (tertiary/aromatic N) is 1. The fourth-order valence-electron chi connectivity index (χ4n) is 2.54. The average Bonchev–Trinajstić information content (AvgIpc) is 2.48. The Bertz CT molecular complexity index is 613. The summed E-state index contributed by atoms with van der Waals surface area (Å²) in [6, 6.07) is 9.17. The molecule has 0 saturated carbocycles. The van der Waals surface area contributed by atoms with Crippen molar-refractivity contribution in [2.75, 3.05) is 0 Å². The molecule has 2 aromatic rings. The zero-order valence-electron chi connectivity index (χ0n) is 9.68. The first-order valence-corrected chi connectivity index (χ1v) is 6.23. The highest BCUT2D eigenvalue weighted by Crippen LogP contribution is 2.31. The third-order valence-electron chi connectivity index (χ3n) is 3.42. The van der Waals surface area contributed by atoms with Gasteiger partial charge >= 0.3 is 0 Å². The topological polar surface area (TPSA) is 44.3 Å². The van der Waals surface area contributed by atoms with Crippen LogP contribution in [0.3, 0.4) is 0 Å². The number of pyridine rings is 1. The van der Waals surface area contributed by atoms with Gasteiger partial charge in [0, 0.05) is 21.4 Å². The average molecular weight is 263 g/mol. The normalized spacial score (nSPS) is 17.8. The van der Waals surface area contributed by atoms with Crippen molar-refractivity contribution in [2.24, 2.45) is 0 Å². The van der Waals surface area contributed by atoms with Crippen LogP contribution in [-0.2, 0) is 12.8 Å². The smallest absolute Gasteiger partial charge is 0.270 e. The number of rotatable bonds is 0. The lowest BCUT2D eigenvalue weighted by Gasteiger charge is -2.10. The molecule has 18 heavy (non-hydrogen) atoms. The molecule has 0 saturated heterocycles. The van der Waals surface area contributed by atoms with Crippen molar-refractivity contribution in [1.82, 2.24) is 0 Å². The number of aromatic nitrogens is 1. The van der Waals surface area contributed by atoms with E-state index in [-0.39, 0.29) is 0 Å². The van der Waals surface area contributed by atoms with Crippen LogP contribution in [0.5, 0.6) is 0 Å². The Balaban J connectivity index is 2.20. The highest BCUT2D eigenvalue weighted by molar-refractivity contribution is 6.30. The number of hydrogen-bond donors (Lipinski definition) is 2. The van der Waals surface area contributed by atoms with Gasteiger partial charge in [-0.15, -0.1) is 0 Å². The molecule has 3 nitrogen and oxygen atoms in total. The van der Waals surface area contributed by atoms with Crippen LogP contribution >= 0.6 is 11.6 Å². The second-order valence-electron chi connectivity index (χ2n) is 4.51. The van der Waals surface area contributed by atoms with E-state index in [4.69, 9.17) is 11.6 Å². The van der Waals surface area contributed by atoms with Crippen LogP contribution in [0.25, 0.3) is 0 Å². The van der Waals surface area contributed by atoms with Gasteiger partial charge in [0.2, 0.25) is 6.20 Å². The Morgan fingerprint density at radius 1 is 1.17 bits per heavy atom. The Labute approximate surface area is 110 Å². The molecule has 1 heterocycles. The lowest BCUT2D eigenvalue weighted by molar-refractivity contribution is -0.911. The second-order valence-corrected chi connectivity index (χ2v) is 4.95. The minimum absolute atomic E-state index is 0.540. The Hall–Kier alpha value is -1.58. The molecule has 92 valence electrons. The molecule has 1 aliphatic carbocycles. The maximum absolute atomic E-state index is 10.4. The summed E-state index contributed by atoms with van der Waals surface area (Å²) in [6.07, 6.45) is 2.30. The number of aliphatic hydroxyl groups is 1. The van der Waals surface area contributed by atoms with Gasteiger partial charge in [-0.25, -0.2) is 0 Å². The largest absolute Gasteiger partial charge is 0.377 e. The lowest BCUT2D eigenvalue weighted by Crippen LogP contribution is -2.37. The van der Waals surface area contributed by atoms with Gasteiger partial charge < -0.3 is 5.11 Å². The maximum atomic E-state index is 10.4. The first-order chi connectivity index (χ1) is 8.66. The monoisotopic (exact) mass is 262 g/mol. The number of benzene rings is 1. The van der Waals surface area contributed by atoms with Crippen molar-refractivity contribution < 1.29 is 15.0 Å². The summed E-state index contributed by atoms with van der Waals surface area (Å²) in [7, 11) is 0. The molecule has 0 fully saturated rings. The molecular formula is C14H13ClNO2+. The summed E-state index contributed by atoms with van der Waals surface area (Å²) in [5, 5.41) is 21.0. The summed E-state index contributed by atoms with van der Waals surface area (Å²) in [6.45, 7) is 0. The highest BCUT2D eigenvalue weighted by atomic mass is 35.5. The molecule has 1 aromatic carbocycles. The van der Waals surface area contributed by atoms with Gasteiger partial charge in [-0.05, 0) is 42.2 Å². The zero-order valence-corrected chi connectivity index (χ0v) is 10.4. The first kappa shape index (κ1) is 11.5. The Kier molecular flexibility index (Phi) is 2.73. The molecule has 1 aromatic heterocycles. The molecule has 2 N–H and O–H groups in total. The zero-order chi connectivity index (χ0) is 12.7. The number of halogens is 1. The molecule has 0 amide bonds. The number of aryl methyl sites for hydroxylation is 2. The van der Waals surface area contributed by atoms with E-state index in [1.807, 2.05) is 18.2 Å². The molecule has 0 radical (unpaired) electrons. The van der Waals surface area contributed by atoms with E-state index in [9.17, 15) is 10.3 Å². The van der Waals surface area contributed by atoms with Crippen molar-refractivity contribution in [1.29, 1.82) is 0 Å². The van der Waals surface area contributed by atoms with Crippen LogP contribution in [0.2, 0.25) is 5.02 Å². The Morgan fingerprint density at radius 2 is 1.94 bits per heavy atom. The first-order valence-electron chi connectivity index (χ1n) is 5.86. The van der Waals surface area contributed by atoms with E-state index in [1.54, 1.807) is 12.1 Å². The molecule has 1 unspecified atom stereocenters. The van der Waals surface area contributed by atoms with Gasteiger partial charge in [-0.1, -0.05) is 17.7 Å². The van der Waals surface area contributed by atoms with E-state index in [2.05, 4.69) is 0 Å². The quantitative estimate of drug-likeness (QED) is 0.564. The van der Waals surface area contributed by atoms with Crippen molar-refractivity contribution in [2.45, 2.75) is 18.9 Å². The molecular weight excluding hydrogens is 250 g/mol. The van der Waals surface area contributed by atoms with Crippen molar-refractivity contribution in [3.8, 4) is 0 Å². The van der Waals surface area contributed by atoms with Gasteiger partial charge in [0.15, 0.2) is 6.10 Å². The van der Waals surface area contributed by atoms with Crippen LogP contribution in [0.15, 0.2) is 36.5 Å². The minimum Gasteiger partial charge on any atom is -0.377 e. The summed E-state index contributed by atoms with van der Waals surface area (Å²) < 4.78 is 1.00. The lowest BCUT2D eigenvalue weighted by atomic mass is 10.0. The van der Waals surface area contributed by atoms with Gasteiger partial charge in [0.1, 0.15) is 0 Å². The van der Waals surface area contributed by atoms with Gasteiger partial charge in [0.25, 0.3) is 5.69 Å². The summed E-state index contributed by atoms with van der Waals surface area (Å²) in [5.74, 6) is 0. The van der Waals surface area contributed by atoms with E-state index in [1.165, 1.54) is 6.20 Å². The molecule has 0 spiro atoms. The van der Waals surface area contributed by atoms with Gasteiger partial charge in [0.05, 0.1) is 0 Å². The third-order valence-corrected chi connectivity index (χ3v) is 3.66. The Morgan fingerprint density at radius 3 is 2.78 bits per heavy atom.